The molecule has 0 radical (unpaired) electrons. The Bertz CT molecular complexity index is 1000. The molecule has 2 aromatic carbocycles. The van der Waals surface area contributed by atoms with E-state index in [1.807, 2.05) is 24.3 Å². The van der Waals surface area contributed by atoms with Crippen LogP contribution in [0.1, 0.15) is 10.6 Å². The summed E-state index contributed by atoms with van der Waals surface area (Å²) in [5.41, 5.74) is -1.05. The van der Waals surface area contributed by atoms with E-state index in [9.17, 15) is 28.1 Å². The SMILES string of the molecule is O=C(CSc1ccc(C(F)(F)F)cc1[N+](=O)[O-])OCc1nc2ccccc2s1. The van der Waals surface area contributed by atoms with Crippen LogP contribution in [0.4, 0.5) is 18.9 Å². The van der Waals surface area contributed by atoms with Gasteiger partial charge in [-0.3, -0.25) is 14.9 Å². The number of halogens is 3. The van der Waals surface area contributed by atoms with Crippen molar-refractivity contribution >= 4 is 45.0 Å². The predicted molar refractivity (Wildman–Crippen MR) is 98.2 cm³/mol. The first-order valence-electron chi connectivity index (χ1n) is 7.72. The van der Waals surface area contributed by atoms with Crippen molar-refractivity contribution in [2.75, 3.05) is 5.75 Å². The lowest BCUT2D eigenvalue weighted by atomic mass is 10.2. The summed E-state index contributed by atoms with van der Waals surface area (Å²) in [7, 11) is 0. The first-order valence-corrected chi connectivity index (χ1v) is 9.53. The Morgan fingerprint density at radius 2 is 2.00 bits per heavy atom. The molecule has 0 amide bonds. The van der Waals surface area contributed by atoms with E-state index >= 15 is 0 Å². The van der Waals surface area contributed by atoms with Gasteiger partial charge >= 0.3 is 12.1 Å². The molecule has 0 N–H and O–H groups in total. The van der Waals surface area contributed by atoms with Crippen LogP contribution in [-0.2, 0) is 22.3 Å². The lowest BCUT2D eigenvalue weighted by molar-refractivity contribution is -0.388. The van der Waals surface area contributed by atoms with E-state index in [0.29, 0.717) is 11.1 Å². The number of thioether (sulfide) groups is 1. The molecule has 11 heteroatoms. The molecular weight excluding hydrogens is 417 g/mol. The van der Waals surface area contributed by atoms with Gasteiger partial charge in [-0.25, -0.2) is 4.98 Å². The van der Waals surface area contributed by atoms with Crippen LogP contribution in [0.15, 0.2) is 47.4 Å². The zero-order valence-electron chi connectivity index (χ0n) is 13.9. The highest BCUT2D eigenvalue weighted by Crippen LogP contribution is 2.36. The number of hydrogen-bond donors (Lipinski definition) is 0. The number of hydrogen-bond acceptors (Lipinski definition) is 7. The molecular formula is C17H11F3N2O4S2. The molecule has 28 heavy (non-hydrogen) atoms. The molecule has 0 aliphatic rings. The van der Waals surface area contributed by atoms with Crippen LogP contribution >= 0.6 is 23.1 Å². The van der Waals surface area contributed by atoms with E-state index in [-0.39, 0.29) is 17.3 Å². The van der Waals surface area contributed by atoms with Crippen LogP contribution in [0.25, 0.3) is 10.2 Å². The zero-order chi connectivity index (χ0) is 20.3. The molecule has 1 heterocycles. The zero-order valence-corrected chi connectivity index (χ0v) is 15.6. The Morgan fingerprint density at radius 3 is 2.68 bits per heavy atom. The molecule has 6 nitrogen and oxygen atoms in total. The number of thiazole rings is 1. The number of ether oxygens (including phenoxy) is 1. The number of carbonyl (C=O) groups is 1. The van der Waals surface area contributed by atoms with Gasteiger partial charge in [0, 0.05) is 6.07 Å². The van der Waals surface area contributed by atoms with Crippen molar-refractivity contribution in [2.24, 2.45) is 0 Å². The minimum absolute atomic E-state index is 0.0464. The molecule has 0 fully saturated rings. The van der Waals surface area contributed by atoms with Crippen LogP contribution in [0.5, 0.6) is 0 Å². The molecule has 1 aromatic heterocycles. The Kier molecular flexibility index (Phi) is 5.84. The van der Waals surface area contributed by atoms with Crippen molar-refractivity contribution in [3.8, 4) is 0 Å². The molecule has 0 spiro atoms. The number of esters is 1. The van der Waals surface area contributed by atoms with Crippen LogP contribution in [0.3, 0.4) is 0 Å². The number of aromatic nitrogens is 1. The summed E-state index contributed by atoms with van der Waals surface area (Å²) < 4.78 is 44.2. The van der Waals surface area contributed by atoms with Gasteiger partial charge < -0.3 is 4.74 Å². The molecule has 146 valence electrons. The lowest BCUT2D eigenvalue weighted by Crippen LogP contribution is -2.08. The highest BCUT2D eigenvalue weighted by molar-refractivity contribution is 8.00. The van der Waals surface area contributed by atoms with E-state index in [1.54, 1.807) is 0 Å². The lowest BCUT2D eigenvalue weighted by Gasteiger charge is -2.08. The molecule has 0 aliphatic carbocycles. The number of nitro groups is 1. The summed E-state index contributed by atoms with van der Waals surface area (Å²) >= 11 is 2.12. The van der Waals surface area contributed by atoms with Gasteiger partial charge in [-0.05, 0) is 24.3 Å². The minimum atomic E-state index is -4.69. The molecule has 3 rings (SSSR count). The Labute approximate surface area is 164 Å². The van der Waals surface area contributed by atoms with Gasteiger partial charge in [-0.15, -0.1) is 23.1 Å². The second kappa shape index (κ2) is 8.15. The molecule has 3 aromatic rings. The number of benzene rings is 2. The largest absolute Gasteiger partial charge is 0.458 e. The van der Waals surface area contributed by atoms with Crippen molar-refractivity contribution in [3.63, 3.8) is 0 Å². The van der Waals surface area contributed by atoms with Crippen molar-refractivity contribution in [1.29, 1.82) is 0 Å². The van der Waals surface area contributed by atoms with Gasteiger partial charge in [0.15, 0.2) is 0 Å². The summed E-state index contributed by atoms with van der Waals surface area (Å²) in [5.74, 6) is -0.935. The summed E-state index contributed by atoms with van der Waals surface area (Å²) in [6, 6.07) is 9.59. The molecule has 0 saturated carbocycles. The second-order valence-electron chi connectivity index (χ2n) is 5.46. The Balaban J connectivity index is 1.61. The van der Waals surface area contributed by atoms with Crippen molar-refractivity contribution < 1.29 is 27.6 Å². The third-order valence-corrected chi connectivity index (χ3v) is 5.57. The smallest absolute Gasteiger partial charge is 0.416 e. The highest BCUT2D eigenvalue weighted by Gasteiger charge is 2.33. The first-order chi connectivity index (χ1) is 13.2. The molecule has 0 saturated heterocycles. The maximum atomic E-state index is 12.7. The van der Waals surface area contributed by atoms with E-state index in [1.165, 1.54) is 11.3 Å². The van der Waals surface area contributed by atoms with Crippen molar-refractivity contribution in [2.45, 2.75) is 17.7 Å². The fourth-order valence-corrected chi connectivity index (χ4v) is 3.94. The minimum Gasteiger partial charge on any atom is -0.458 e. The van der Waals surface area contributed by atoms with E-state index < -0.39 is 28.3 Å². The van der Waals surface area contributed by atoms with Crippen molar-refractivity contribution in [3.05, 3.63) is 63.1 Å². The van der Waals surface area contributed by atoms with Crippen molar-refractivity contribution in [1.82, 2.24) is 4.98 Å². The van der Waals surface area contributed by atoms with Gasteiger partial charge in [0.25, 0.3) is 5.69 Å². The number of carbonyl (C=O) groups excluding carboxylic acids is 1. The normalized spacial score (nSPS) is 11.5. The van der Waals surface area contributed by atoms with Gasteiger partial charge in [-0.1, -0.05) is 12.1 Å². The summed E-state index contributed by atoms with van der Waals surface area (Å²) in [6.07, 6.45) is -4.69. The average Bonchev–Trinajstić information content (AvgIpc) is 3.06. The fourth-order valence-electron chi connectivity index (χ4n) is 2.26. The third-order valence-electron chi connectivity index (χ3n) is 3.52. The first kappa shape index (κ1) is 20.1. The van der Waals surface area contributed by atoms with E-state index in [0.717, 1.165) is 34.1 Å². The quantitative estimate of drug-likeness (QED) is 0.236. The van der Waals surface area contributed by atoms with Crippen LogP contribution in [-0.4, -0.2) is 21.6 Å². The number of nitrogens with zero attached hydrogens (tertiary/aromatic N) is 2. The van der Waals surface area contributed by atoms with Crippen LogP contribution in [0.2, 0.25) is 0 Å². The summed E-state index contributed by atoms with van der Waals surface area (Å²) in [4.78, 5) is 26.3. The Morgan fingerprint density at radius 1 is 1.25 bits per heavy atom. The third kappa shape index (κ3) is 4.78. The maximum absolute atomic E-state index is 12.7. The summed E-state index contributed by atoms with van der Waals surface area (Å²) in [5, 5.41) is 11.6. The maximum Gasteiger partial charge on any atom is 0.416 e. The summed E-state index contributed by atoms with van der Waals surface area (Å²) in [6.45, 7) is -0.0478. The molecule has 0 atom stereocenters. The number of fused-ring (bicyclic) bond motifs is 1. The number of para-hydroxylation sites is 1. The molecule has 0 bridgehead atoms. The fraction of sp³-hybridized carbons (Fsp3) is 0.176. The Hall–Kier alpha value is -2.66. The molecule has 0 unspecified atom stereocenters. The number of alkyl halides is 3. The standard InChI is InChI=1S/C17H11F3N2O4S2/c18-17(19,20)10-5-6-14(12(7-10)22(24)25)27-9-16(23)26-8-15-21-11-3-1-2-4-13(11)28-15/h1-7H,8-9H2. The van der Waals surface area contributed by atoms with Crippen LogP contribution < -0.4 is 0 Å². The topological polar surface area (TPSA) is 82.3 Å². The van der Waals surface area contributed by atoms with Gasteiger partial charge in [-0.2, -0.15) is 13.2 Å². The highest BCUT2D eigenvalue weighted by atomic mass is 32.2. The second-order valence-corrected chi connectivity index (χ2v) is 7.59. The van der Waals surface area contributed by atoms with Gasteiger partial charge in [0.1, 0.15) is 11.6 Å². The average molecular weight is 428 g/mol. The van der Waals surface area contributed by atoms with Gasteiger partial charge in [0.05, 0.1) is 31.4 Å². The van der Waals surface area contributed by atoms with Gasteiger partial charge in [0.2, 0.25) is 0 Å². The van der Waals surface area contributed by atoms with E-state index in [4.69, 9.17) is 4.74 Å². The number of rotatable bonds is 6. The molecule has 0 aliphatic heterocycles. The predicted octanol–water partition coefficient (Wildman–Crippen LogP) is 5.06. The van der Waals surface area contributed by atoms with Crippen LogP contribution in [0, 0.1) is 10.1 Å². The number of nitro benzene ring substituents is 1. The van der Waals surface area contributed by atoms with E-state index in [2.05, 4.69) is 4.98 Å². The monoisotopic (exact) mass is 428 g/mol.